The number of rotatable bonds is 5. The van der Waals surface area contributed by atoms with E-state index in [4.69, 9.17) is 14.0 Å². The molecule has 1 aromatic heterocycles. The Morgan fingerprint density at radius 2 is 2.00 bits per heavy atom. The lowest BCUT2D eigenvalue weighted by Crippen LogP contribution is -2.45. The lowest BCUT2D eigenvalue weighted by atomic mass is 10.1. The SMILES string of the molecule is COc1ccc(-c2noc(C(C)NC(=O)N3CCC(F)CC3)n2)cc1OC. The summed E-state index contributed by atoms with van der Waals surface area (Å²) in [6.45, 7) is 2.56. The van der Waals surface area contributed by atoms with Crippen molar-refractivity contribution in [1.82, 2.24) is 20.4 Å². The van der Waals surface area contributed by atoms with Gasteiger partial charge >= 0.3 is 6.03 Å². The summed E-state index contributed by atoms with van der Waals surface area (Å²) in [5.41, 5.74) is 0.700. The summed E-state index contributed by atoms with van der Waals surface area (Å²) in [5.74, 6) is 1.82. The second kappa shape index (κ2) is 8.24. The Morgan fingerprint density at radius 3 is 2.67 bits per heavy atom. The van der Waals surface area contributed by atoms with E-state index in [0.29, 0.717) is 48.8 Å². The number of carbonyl (C=O) groups is 1. The van der Waals surface area contributed by atoms with Crippen molar-refractivity contribution in [3.63, 3.8) is 0 Å². The van der Waals surface area contributed by atoms with Gasteiger partial charge in [0.1, 0.15) is 12.2 Å². The lowest BCUT2D eigenvalue weighted by molar-refractivity contribution is 0.149. The topological polar surface area (TPSA) is 89.7 Å². The van der Waals surface area contributed by atoms with Crippen LogP contribution in [0.25, 0.3) is 11.4 Å². The third kappa shape index (κ3) is 4.29. The first kappa shape index (κ1) is 18.9. The van der Waals surface area contributed by atoms with Crippen LogP contribution in [0.4, 0.5) is 9.18 Å². The highest BCUT2D eigenvalue weighted by atomic mass is 19.1. The van der Waals surface area contributed by atoms with Crippen LogP contribution in [0, 0.1) is 0 Å². The van der Waals surface area contributed by atoms with Gasteiger partial charge in [-0.15, -0.1) is 0 Å². The van der Waals surface area contributed by atoms with Crippen LogP contribution in [0.5, 0.6) is 11.5 Å². The fraction of sp³-hybridized carbons (Fsp3) is 0.500. The maximum absolute atomic E-state index is 13.2. The molecule has 0 aliphatic carbocycles. The van der Waals surface area contributed by atoms with E-state index < -0.39 is 12.2 Å². The minimum atomic E-state index is -0.827. The molecule has 0 saturated carbocycles. The Bertz CT molecular complexity index is 789. The molecule has 0 spiro atoms. The summed E-state index contributed by atoms with van der Waals surface area (Å²) in [7, 11) is 3.11. The van der Waals surface area contributed by atoms with Gasteiger partial charge in [-0.2, -0.15) is 4.98 Å². The van der Waals surface area contributed by atoms with E-state index in [1.807, 2.05) is 0 Å². The average Bonchev–Trinajstić information content (AvgIpc) is 3.18. The molecule has 0 bridgehead atoms. The van der Waals surface area contributed by atoms with Crippen molar-refractivity contribution < 1.29 is 23.2 Å². The maximum atomic E-state index is 13.2. The molecule has 146 valence electrons. The molecule has 2 heterocycles. The summed E-state index contributed by atoms with van der Waals surface area (Å²) in [6, 6.07) is 4.56. The summed E-state index contributed by atoms with van der Waals surface area (Å²) in [6.07, 6.45) is -0.0936. The molecule has 9 heteroatoms. The van der Waals surface area contributed by atoms with E-state index in [2.05, 4.69) is 15.5 Å². The Hall–Kier alpha value is -2.84. The van der Waals surface area contributed by atoms with E-state index in [9.17, 15) is 9.18 Å². The molecular weight excluding hydrogens is 355 g/mol. The minimum Gasteiger partial charge on any atom is -0.493 e. The molecule has 1 atom stereocenters. The van der Waals surface area contributed by atoms with Gasteiger partial charge in [0.15, 0.2) is 11.5 Å². The van der Waals surface area contributed by atoms with Crippen molar-refractivity contribution in [3.05, 3.63) is 24.1 Å². The van der Waals surface area contributed by atoms with Crippen LogP contribution in [0.15, 0.2) is 22.7 Å². The second-order valence-corrected chi connectivity index (χ2v) is 6.36. The summed E-state index contributed by atoms with van der Waals surface area (Å²) in [5, 5.41) is 6.78. The third-order valence-electron chi connectivity index (χ3n) is 4.51. The van der Waals surface area contributed by atoms with E-state index in [1.54, 1.807) is 44.2 Å². The number of hydrogen-bond donors (Lipinski definition) is 1. The number of hydrogen-bond acceptors (Lipinski definition) is 6. The number of amides is 2. The van der Waals surface area contributed by atoms with Crippen LogP contribution in [0.2, 0.25) is 0 Å². The van der Waals surface area contributed by atoms with Crippen molar-refractivity contribution in [2.75, 3.05) is 27.3 Å². The van der Waals surface area contributed by atoms with Gasteiger partial charge in [-0.1, -0.05) is 5.16 Å². The number of aromatic nitrogens is 2. The number of halogens is 1. The van der Waals surface area contributed by atoms with Gasteiger partial charge in [0.05, 0.1) is 14.2 Å². The first-order chi connectivity index (χ1) is 13.0. The van der Waals surface area contributed by atoms with Crippen LogP contribution in [0.1, 0.15) is 31.7 Å². The quantitative estimate of drug-likeness (QED) is 0.860. The van der Waals surface area contributed by atoms with Crippen molar-refractivity contribution in [2.24, 2.45) is 0 Å². The van der Waals surface area contributed by atoms with Crippen molar-refractivity contribution in [1.29, 1.82) is 0 Å². The fourth-order valence-electron chi connectivity index (χ4n) is 2.89. The molecule has 2 amide bonds. The Kier molecular flexibility index (Phi) is 5.78. The first-order valence-corrected chi connectivity index (χ1v) is 8.77. The summed E-state index contributed by atoms with van der Waals surface area (Å²) in [4.78, 5) is 18.2. The van der Waals surface area contributed by atoms with Crippen molar-refractivity contribution in [3.8, 4) is 22.9 Å². The molecule has 8 nitrogen and oxygen atoms in total. The number of urea groups is 1. The van der Waals surface area contributed by atoms with Crippen LogP contribution in [-0.2, 0) is 0 Å². The minimum absolute atomic E-state index is 0.264. The van der Waals surface area contributed by atoms with Gasteiger partial charge in [0.25, 0.3) is 0 Å². The van der Waals surface area contributed by atoms with Crippen molar-refractivity contribution in [2.45, 2.75) is 32.0 Å². The predicted molar refractivity (Wildman–Crippen MR) is 95.5 cm³/mol. The highest BCUT2D eigenvalue weighted by Gasteiger charge is 2.25. The number of piperidine rings is 1. The van der Waals surface area contributed by atoms with E-state index in [0.717, 1.165) is 0 Å². The third-order valence-corrected chi connectivity index (χ3v) is 4.51. The smallest absolute Gasteiger partial charge is 0.318 e. The van der Waals surface area contributed by atoms with Gasteiger partial charge < -0.3 is 24.2 Å². The van der Waals surface area contributed by atoms with Crippen LogP contribution >= 0.6 is 0 Å². The van der Waals surface area contributed by atoms with Crippen LogP contribution in [0.3, 0.4) is 0 Å². The zero-order valence-electron chi connectivity index (χ0n) is 15.6. The number of nitrogens with zero attached hydrogens (tertiary/aromatic N) is 3. The highest BCUT2D eigenvalue weighted by molar-refractivity contribution is 5.74. The molecule has 0 radical (unpaired) electrons. The van der Waals surface area contributed by atoms with Crippen molar-refractivity contribution >= 4 is 6.03 Å². The average molecular weight is 378 g/mol. The van der Waals surface area contributed by atoms with E-state index in [1.165, 1.54) is 0 Å². The fourth-order valence-corrected chi connectivity index (χ4v) is 2.89. The largest absolute Gasteiger partial charge is 0.493 e. The van der Waals surface area contributed by atoms with E-state index in [-0.39, 0.29) is 11.9 Å². The van der Waals surface area contributed by atoms with Gasteiger partial charge in [0, 0.05) is 18.7 Å². The maximum Gasteiger partial charge on any atom is 0.318 e. The molecule has 2 aromatic rings. The van der Waals surface area contributed by atoms with Crippen LogP contribution in [-0.4, -0.2) is 54.6 Å². The lowest BCUT2D eigenvalue weighted by Gasteiger charge is -2.29. The molecule has 1 aromatic carbocycles. The molecule has 1 saturated heterocycles. The number of ether oxygens (including phenoxy) is 2. The zero-order valence-corrected chi connectivity index (χ0v) is 15.6. The molecule has 3 rings (SSSR count). The standard InChI is InChI=1S/C18H23FN4O4/c1-11(20-18(24)23-8-6-13(19)7-9-23)17-21-16(22-27-17)12-4-5-14(25-2)15(10-12)26-3/h4-5,10-11,13H,6-9H2,1-3H3,(H,20,24). The molecule has 1 aliphatic heterocycles. The molecule has 1 fully saturated rings. The number of carbonyl (C=O) groups excluding carboxylic acids is 1. The zero-order chi connectivity index (χ0) is 19.4. The first-order valence-electron chi connectivity index (χ1n) is 8.77. The number of benzene rings is 1. The van der Waals surface area contributed by atoms with Gasteiger partial charge in [0.2, 0.25) is 11.7 Å². The molecule has 1 N–H and O–H groups in total. The Morgan fingerprint density at radius 1 is 1.30 bits per heavy atom. The Labute approximate surface area is 156 Å². The molecular formula is C18H23FN4O4. The molecule has 1 unspecified atom stereocenters. The monoisotopic (exact) mass is 378 g/mol. The normalized spacial score (nSPS) is 16.1. The number of likely N-dealkylation sites (tertiary alicyclic amines) is 1. The summed E-state index contributed by atoms with van der Waals surface area (Å²) >= 11 is 0. The Balaban J connectivity index is 1.67. The molecule has 1 aliphatic rings. The number of methoxy groups -OCH3 is 2. The second-order valence-electron chi connectivity index (χ2n) is 6.36. The van der Waals surface area contributed by atoms with Gasteiger partial charge in [-0.25, -0.2) is 9.18 Å². The number of alkyl halides is 1. The number of nitrogens with one attached hydrogen (secondary N) is 1. The van der Waals surface area contributed by atoms with Gasteiger partial charge in [-0.3, -0.25) is 0 Å². The van der Waals surface area contributed by atoms with Crippen LogP contribution < -0.4 is 14.8 Å². The summed E-state index contributed by atoms with van der Waals surface area (Å²) < 4.78 is 29.0. The highest BCUT2D eigenvalue weighted by Crippen LogP contribution is 2.31. The predicted octanol–water partition coefficient (Wildman–Crippen LogP) is 2.96. The van der Waals surface area contributed by atoms with E-state index >= 15 is 0 Å². The van der Waals surface area contributed by atoms with Gasteiger partial charge in [-0.05, 0) is 38.0 Å². The molecule has 27 heavy (non-hydrogen) atoms.